The lowest BCUT2D eigenvalue weighted by molar-refractivity contribution is 0.102. The summed E-state index contributed by atoms with van der Waals surface area (Å²) >= 11 is 0. The molecule has 4 rings (SSSR count). The van der Waals surface area contributed by atoms with E-state index in [1.807, 2.05) is 49.4 Å². The lowest BCUT2D eigenvalue weighted by Gasteiger charge is -2.34. The Morgan fingerprint density at radius 1 is 1.09 bits per heavy atom. The van der Waals surface area contributed by atoms with E-state index < -0.39 is 10.8 Å². The van der Waals surface area contributed by atoms with Crippen molar-refractivity contribution in [3.05, 3.63) is 78.1 Å². The molecular formula is C26H30N4O3S. The molecule has 1 saturated heterocycles. The molecule has 1 amide bonds. The quantitative estimate of drug-likeness (QED) is 0.554. The Hall–Kier alpha value is -3.23. The number of amides is 1. The molecule has 3 aromatic rings. The Balaban J connectivity index is 1.69. The first kappa shape index (κ1) is 23.9. The molecule has 1 N–H and O–H groups in total. The fraction of sp³-hybridized carbons (Fsp3) is 0.308. The van der Waals surface area contributed by atoms with E-state index in [0.29, 0.717) is 21.9 Å². The SMILES string of the molecule is COc1ccccc1C(C)S(=O)c1cc(N2CCN(C)CC2)ccc1NC(=O)c1cccnc1. The average Bonchev–Trinajstić information content (AvgIpc) is 2.89. The van der Waals surface area contributed by atoms with Gasteiger partial charge in [-0.25, -0.2) is 0 Å². The summed E-state index contributed by atoms with van der Waals surface area (Å²) in [5.74, 6) is 0.406. The van der Waals surface area contributed by atoms with Crippen molar-refractivity contribution in [3.8, 4) is 5.75 Å². The van der Waals surface area contributed by atoms with Gasteiger partial charge >= 0.3 is 0 Å². The van der Waals surface area contributed by atoms with Crippen LogP contribution < -0.4 is 15.0 Å². The van der Waals surface area contributed by atoms with Crippen LogP contribution in [0.1, 0.15) is 28.1 Å². The van der Waals surface area contributed by atoms with Crippen LogP contribution in [0.2, 0.25) is 0 Å². The zero-order valence-corrected chi connectivity index (χ0v) is 20.5. The Kier molecular flexibility index (Phi) is 7.59. The number of aromatic nitrogens is 1. The smallest absolute Gasteiger partial charge is 0.257 e. The van der Waals surface area contributed by atoms with Gasteiger partial charge < -0.3 is 19.9 Å². The predicted octanol–water partition coefficient (Wildman–Crippen LogP) is 3.96. The highest BCUT2D eigenvalue weighted by molar-refractivity contribution is 7.85. The number of para-hydroxylation sites is 1. The maximum atomic E-state index is 13.9. The second-order valence-corrected chi connectivity index (χ2v) is 10.1. The van der Waals surface area contributed by atoms with Gasteiger partial charge in [0.1, 0.15) is 5.75 Å². The molecule has 1 aliphatic heterocycles. The topological polar surface area (TPSA) is 74.8 Å². The Morgan fingerprint density at radius 2 is 1.85 bits per heavy atom. The van der Waals surface area contributed by atoms with Crippen LogP contribution in [-0.4, -0.2) is 60.3 Å². The van der Waals surface area contributed by atoms with E-state index in [2.05, 4.69) is 27.1 Å². The van der Waals surface area contributed by atoms with E-state index in [4.69, 9.17) is 4.74 Å². The summed E-state index contributed by atoms with van der Waals surface area (Å²) in [6.45, 7) is 5.65. The van der Waals surface area contributed by atoms with Gasteiger partial charge in [-0.3, -0.25) is 14.0 Å². The van der Waals surface area contributed by atoms with Gasteiger partial charge in [-0.1, -0.05) is 18.2 Å². The van der Waals surface area contributed by atoms with Crippen molar-refractivity contribution >= 4 is 28.1 Å². The molecule has 0 bridgehead atoms. The normalized spacial score (nSPS) is 16.0. The van der Waals surface area contributed by atoms with Gasteiger partial charge in [0.05, 0.1) is 39.3 Å². The highest BCUT2D eigenvalue weighted by Crippen LogP contribution is 2.36. The number of hydrogen-bond donors (Lipinski definition) is 1. The number of nitrogens with zero attached hydrogens (tertiary/aromatic N) is 3. The van der Waals surface area contributed by atoms with Crippen molar-refractivity contribution < 1.29 is 13.7 Å². The summed E-state index contributed by atoms with van der Waals surface area (Å²) in [4.78, 5) is 22.1. The summed E-state index contributed by atoms with van der Waals surface area (Å²) in [7, 11) is 2.28. The molecule has 1 fully saturated rings. The molecule has 0 saturated carbocycles. The van der Waals surface area contributed by atoms with Crippen molar-refractivity contribution in [1.82, 2.24) is 9.88 Å². The van der Waals surface area contributed by atoms with E-state index in [1.165, 1.54) is 6.20 Å². The summed E-state index contributed by atoms with van der Waals surface area (Å²) < 4.78 is 19.4. The molecule has 7 nitrogen and oxygen atoms in total. The Labute approximate surface area is 203 Å². The predicted molar refractivity (Wildman–Crippen MR) is 136 cm³/mol. The van der Waals surface area contributed by atoms with Gasteiger partial charge in [0.25, 0.3) is 5.91 Å². The van der Waals surface area contributed by atoms with Gasteiger partial charge in [-0.05, 0) is 50.4 Å². The number of hydrogen-bond acceptors (Lipinski definition) is 6. The third-order valence-corrected chi connectivity index (χ3v) is 7.79. The van der Waals surface area contributed by atoms with Crippen LogP contribution in [0, 0.1) is 0 Å². The van der Waals surface area contributed by atoms with Gasteiger partial charge in [0, 0.05) is 49.8 Å². The van der Waals surface area contributed by atoms with Crippen molar-refractivity contribution in [2.45, 2.75) is 17.1 Å². The number of ether oxygens (including phenoxy) is 1. The van der Waals surface area contributed by atoms with E-state index in [1.54, 1.807) is 25.4 Å². The summed E-state index contributed by atoms with van der Waals surface area (Å²) in [6, 6.07) is 16.8. The number of piperazine rings is 1. The first-order valence-electron chi connectivity index (χ1n) is 11.3. The number of rotatable bonds is 7. The van der Waals surface area contributed by atoms with Crippen LogP contribution in [-0.2, 0) is 10.8 Å². The molecule has 2 unspecified atom stereocenters. The number of likely N-dealkylation sites (N-methyl/N-ethyl adjacent to an activating group) is 1. The number of nitrogens with one attached hydrogen (secondary N) is 1. The molecule has 178 valence electrons. The molecule has 0 radical (unpaired) electrons. The van der Waals surface area contributed by atoms with Crippen molar-refractivity contribution in [3.63, 3.8) is 0 Å². The van der Waals surface area contributed by atoms with Gasteiger partial charge in [0.15, 0.2) is 0 Å². The molecule has 1 aliphatic rings. The highest BCUT2D eigenvalue weighted by Gasteiger charge is 2.24. The minimum absolute atomic E-state index is 0.288. The van der Waals surface area contributed by atoms with Crippen LogP contribution in [0.3, 0.4) is 0 Å². The third kappa shape index (κ3) is 5.29. The van der Waals surface area contributed by atoms with Crippen LogP contribution in [0.5, 0.6) is 5.75 Å². The molecule has 1 aromatic heterocycles. The summed E-state index contributed by atoms with van der Waals surface area (Å²) in [5, 5.41) is 2.61. The van der Waals surface area contributed by atoms with Crippen molar-refractivity contribution in [2.75, 3.05) is 50.6 Å². The molecular weight excluding hydrogens is 448 g/mol. The molecule has 34 heavy (non-hydrogen) atoms. The highest BCUT2D eigenvalue weighted by atomic mass is 32.2. The van der Waals surface area contributed by atoms with Gasteiger partial charge in [0.2, 0.25) is 0 Å². The number of carbonyl (C=O) groups excluding carboxylic acids is 1. The Morgan fingerprint density at radius 3 is 2.56 bits per heavy atom. The fourth-order valence-electron chi connectivity index (χ4n) is 4.04. The molecule has 2 aromatic carbocycles. The largest absolute Gasteiger partial charge is 0.496 e. The second-order valence-electron chi connectivity index (χ2n) is 8.35. The number of methoxy groups -OCH3 is 1. The maximum absolute atomic E-state index is 13.9. The zero-order valence-electron chi connectivity index (χ0n) is 19.7. The van der Waals surface area contributed by atoms with Gasteiger partial charge in [-0.15, -0.1) is 0 Å². The first-order chi connectivity index (χ1) is 16.5. The molecule has 8 heteroatoms. The fourth-order valence-corrected chi connectivity index (χ4v) is 5.42. The van der Waals surface area contributed by atoms with Crippen molar-refractivity contribution in [2.24, 2.45) is 0 Å². The lowest BCUT2D eigenvalue weighted by Crippen LogP contribution is -2.44. The van der Waals surface area contributed by atoms with Crippen LogP contribution in [0.25, 0.3) is 0 Å². The van der Waals surface area contributed by atoms with E-state index in [0.717, 1.165) is 37.4 Å². The number of anilines is 2. The minimum atomic E-state index is -1.44. The molecule has 0 aliphatic carbocycles. The van der Waals surface area contributed by atoms with Crippen molar-refractivity contribution in [1.29, 1.82) is 0 Å². The number of carbonyl (C=O) groups is 1. The van der Waals surface area contributed by atoms with Crippen LogP contribution in [0.15, 0.2) is 71.9 Å². The zero-order chi connectivity index (χ0) is 24.1. The molecule has 0 spiro atoms. The number of benzene rings is 2. The molecule has 2 heterocycles. The second kappa shape index (κ2) is 10.8. The average molecular weight is 479 g/mol. The summed E-state index contributed by atoms with van der Waals surface area (Å²) in [6.07, 6.45) is 3.14. The van der Waals surface area contributed by atoms with E-state index in [-0.39, 0.29) is 11.2 Å². The van der Waals surface area contributed by atoms with Crippen LogP contribution >= 0.6 is 0 Å². The minimum Gasteiger partial charge on any atom is -0.496 e. The standard InChI is InChI=1S/C26H30N4O3S/c1-19(22-8-4-5-9-24(22)33-3)34(32)25-17-21(30-15-13-29(2)14-16-30)10-11-23(25)28-26(31)20-7-6-12-27-18-20/h4-12,17-19H,13-16H2,1-3H3,(H,28,31). The lowest BCUT2D eigenvalue weighted by atomic mass is 10.1. The van der Waals surface area contributed by atoms with Crippen LogP contribution in [0.4, 0.5) is 11.4 Å². The third-order valence-electron chi connectivity index (χ3n) is 6.12. The maximum Gasteiger partial charge on any atom is 0.257 e. The first-order valence-corrected chi connectivity index (χ1v) is 12.5. The Bertz CT molecular complexity index is 1160. The van der Waals surface area contributed by atoms with E-state index in [9.17, 15) is 9.00 Å². The summed E-state index contributed by atoms with van der Waals surface area (Å²) in [5.41, 5.74) is 2.84. The molecule has 2 atom stereocenters. The van der Waals surface area contributed by atoms with E-state index >= 15 is 0 Å². The monoisotopic (exact) mass is 478 g/mol. The number of pyridine rings is 1. The van der Waals surface area contributed by atoms with Gasteiger partial charge in [-0.2, -0.15) is 0 Å².